The van der Waals surface area contributed by atoms with Gasteiger partial charge >= 0.3 is 6.03 Å². The van der Waals surface area contributed by atoms with Crippen molar-refractivity contribution in [1.82, 2.24) is 16.0 Å². The molecule has 0 radical (unpaired) electrons. The molecule has 3 amide bonds. The van der Waals surface area contributed by atoms with Gasteiger partial charge in [-0.1, -0.05) is 13.8 Å². The molecular formula is C14H25N3O4. The molecule has 0 aromatic heterocycles. The van der Waals surface area contributed by atoms with Crippen LogP contribution < -0.4 is 16.0 Å². The van der Waals surface area contributed by atoms with Crippen LogP contribution in [-0.2, 0) is 9.53 Å². The van der Waals surface area contributed by atoms with Gasteiger partial charge in [0.1, 0.15) is 6.04 Å². The van der Waals surface area contributed by atoms with E-state index < -0.39 is 17.1 Å². The summed E-state index contributed by atoms with van der Waals surface area (Å²) in [6.45, 7) is 5.67. The molecule has 2 heterocycles. The first kappa shape index (κ1) is 16.0. The molecular weight excluding hydrogens is 274 g/mol. The summed E-state index contributed by atoms with van der Waals surface area (Å²) in [5, 5.41) is 18.7. The molecule has 4 N–H and O–H groups in total. The van der Waals surface area contributed by atoms with E-state index in [-0.39, 0.29) is 18.5 Å². The zero-order valence-corrected chi connectivity index (χ0v) is 12.7. The van der Waals surface area contributed by atoms with Crippen molar-refractivity contribution in [2.75, 3.05) is 26.3 Å². The first-order valence-electron chi connectivity index (χ1n) is 7.46. The summed E-state index contributed by atoms with van der Waals surface area (Å²) in [7, 11) is 0. The first-order valence-corrected chi connectivity index (χ1v) is 7.46. The zero-order valence-electron chi connectivity index (χ0n) is 12.7. The van der Waals surface area contributed by atoms with Crippen LogP contribution in [0.25, 0.3) is 0 Å². The zero-order chi connectivity index (χ0) is 15.5. The molecule has 0 aromatic carbocycles. The number of urea groups is 1. The molecule has 0 spiro atoms. The Balaban J connectivity index is 1.83. The topological polar surface area (TPSA) is 99.7 Å². The van der Waals surface area contributed by atoms with E-state index in [9.17, 15) is 14.7 Å². The van der Waals surface area contributed by atoms with Gasteiger partial charge in [0.2, 0.25) is 5.91 Å². The highest BCUT2D eigenvalue weighted by molar-refractivity contribution is 5.88. The monoisotopic (exact) mass is 299 g/mol. The van der Waals surface area contributed by atoms with Crippen LogP contribution >= 0.6 is 0 Å². The molecule has 7 nitrogen and oxygen atoms in total. The van der Waals surface area contributed by atoms with E-state index in [1.54, 1.807) is 0 Å². The number of ether oxygens (including phenoxy) is 1. The highest BCUT2D eigenvalue weighted by Crippen LogP contribution is 2.36. The van der Waals surface area contributed by atoms with Gasteiger partial charge in [0, 0.05) is 25.1 Å². The van der Waals surface area contributed by atoms with E-state index in [1.165, 1.54) is 0 Å². The predicted molar refractivity (Wildman–Crippen MR) is 76.7 cm³/mol. The van der Waals surface area contributed by atoms with Gasteiger partial charge in [-0.15, -0.1) is 0 Å². The fraction of sp³-hybridized carbons (Fsp3) is 0.857. The van der Waals surface area contributed by atoms with Crippen molar-refractivity contribution in [3.8, 4) is 0 Å². The molecule has 0 saturated carbocycles. The van der Waals surface area contributed by atoms with Gasteiger partial charge in [-0.05, 0) is 19.3 Å². The van der Waals surface area contributed by atoms with Crippen molar-refractivity contribution in [2.24, 2.45) is 5.41 Å². The Morgan fingerprint density at radius 3 is 2.90 bits per heavy atom. The summed E-state index contributed by atoms with van der Waals surface area (Å²) < 4.78 is 5.37. The summed E-state index contributed by atoms with van der Waals surface area (Å²) >= 11 is 0. The number of carbonyl (C=O) groups is 2. The molecule has 2 aliphatic heterocycles. The summed E-state index contributed by atoms with van der Waals surface area (Å²) in [4.78, 5) is 23.3. The fourth-order valence-electron chi connectivity index (χ4n) is 2.72. The standard InChI is InChI=1S/C14H25N3O4/c1-13(2,14(20)5-3-7-21-9-14)8-16-12(19)17-10-4-6-15-11(10)18/h10,20H,3-9H2,1-2H3,(H,15,18)(H2,16,17,19). The minimum absolute atomic E-state index is 0.149. The normalized spacial score (nSPS) is 29.9. The Morgan fingerprint density at radius 2 is 2.33 bits per heavy atom. The number of hydrogen-bond acceptors (Lipinski definition) is 4. The number of nitrogens with one attached hydrogen (secondary N) is 3. The fourth-order valence-corrected chi connectivity index (χ4v) is 2.72. The van der Waals surface area contributed by atoms with Crippen molar-refractivity contribution >= 4 is 11.9 Å². The van der Waals surface area contributed by atoms with E-state index in [2.05, 4.69) is 16.0 Å². The molecule has 2 rings (SSSR count). The molecule has 2 aliphatic rings. The number of hydrogen-bond donors (Lipinski definition) is 4. The highest BCUT2D eigenvalue weighted by atomic mass is 16.5. The number of carbonyl (C=O) groups excluding carboxylic acids is 2. The highest BCUT2D eigenvalue weighted by Gasteiger charge is 2.45. The third kappa shape index (κ3) is 3.65. The largest absolute Gasteiger partial charge is 0.387 e. The van der Waals surface area contributed by atoms with Gasteiger partial charge in [-0.3, -0.25) is 4.79 Å². The summed E-state index contributed by atoms with van der Waals surface area (Å²) in [6.07, 6.45) is 2.08. The lowest BCUT2D eigenvalue weighted by Gasteiger charge is -2.44. The van der Waals surface area contributed by atoms with Crippen LogP contribution in [0.2, 0.25) is 0 Å². The Bertz CT molecular complexity index is 405. The second-order valence-corrected chi connectivity index (χ2v) is 6.53. The van der Waals surface area contributed by atoms with Gasteiger partial charge in [0.15, 0.2) is 0 Å². The van der Waals surface area contributed by atoms with E-state index >= 15 is 0 Å². The number of aliphatic hydroxyl groups is 1. The second kappa shape index (κ2) is 6.19. The quantitative estimate of drug-likeness (QED) is 0.575. The molecule has 2 fully saturated rings. The maximum atomic E-state index is 11.9. The summed E-state index contributed by atoms with van der Waals surface area (Å²) in [6, 6.07) is -0.848. The van der Waals surface area contributed by atoms with Crippen LogP contribution in [0, 0.1) is 5.41 Å². The van der Waals surface area contributed by atoms with Crippen LogP contribution in [0.4, 0.5) is 4.79 Å². The smallest absolute Gasteiger partial charge is 0.315 e. The molecule has 2 atom stereocenters. The van der Waals surface area contributed by atoms with E-state index in [1.807, 2.05) is 13.8 Å². The minimum Gasteiger partial charge on any atom is -0.387 e. The number of rotatable bonds is 4. The summed E-state index contributed by atoms with van der Waals surface area (Å²) in [5.74, 6) is -0.149. The van der Waals surface area contributed by atoms with Crippen LogP contribution in [0.3, 0.4) is 0 Å². The second-order valence-electron chi connectivity index (χ2n) is 6.53. The van der Waals surface area contributed by atoms with Gasteiger partial charge in [-0.2, -0.15) is 0 Å². The molecule has 120 valence electrons. The third-order valence-corrected chi connectivity index (χ3v) is 4.52. The van der Waals surface area contributed by atoms with Crippen molar-refractivity contribution < 1.29 is 19.4 Å². The summed E-state index contributed by atoms with van der Waals surface area (Å²) in [5.41, 5.74) is -1.45. The molecule has 0 aliphatic carbocycles. The maximum Gasteiger partial charge on any atom is 0.315 e. The molecule has 21 heavy (non-hydrogen) atoms. The molecule has 0 aromatic rings. The SMILES string of the molecule is CC(C)(CNC(=O)NC1CCNC1=O)C1(O)CCCOC1. The van der Waals surface area contributed by atoms with Crippen molar-refractivity contribution in [3.63, 3.8) is 0 Å². The van der Waals surface area contributed by atoms with E-state index in [4.69, 9.17) is 4.74 Å². The van der Waals surface area contributed by atoms with Crippen molar-refractivity contribution in [1.29, 1.82) is 0 Å². The molecule has 7 heteroatoms. The Morgan fingerprint density at radius 1 is 1.57 bits per heavy atom. The Labute approximate surface area is 124 Å². The van der Waals surface area contributed by atoms with Gasteiger partial charge in [0.25, 0.3) is 0 Å². The van der Waals surface area contributed by atoms with Crippen LogP contribution in [0.15, 0.2) is 0 Å². The average molecular weight is 299 g/mol. The lowest BCUT2D eigenvalue weighted by atomic mass is 9.72. The molecule has 2 unspecified atom stereocenters. The average Bonchev–Trinajstić information content (AvgIpc) is 2.83. The lowest BCUT2D eigenvalue weighted by Crippen LogP contribution is -2.57. The Hall–Kier alpha value is -1.34. The van der Waals surface area contributed by atoms with Crippen LogP contribution in [0.5, 0.6) is 0 Å². The lowest BCUT2D eigenvalue weighted by molar-refractivity contribution is -0.148. The molecule has 2 saturated heterocycles. The predicted octanol–water partition coefficient (Wildman–Crippen LogP) is -0.258. The van der Waals surface area contributed by atoms with Gasteiger partial charge in [-0.25, -0.2) is 4.79 Å². The van der Waals surface area contributed by atoms with Crippen molar-refractivity contribution in [2.45, 2.75) is 44.8 Å². The first-order chi connectivity index (χ1) is 9.84. The molecule has 0 bridgehead atoms. The van der Waals surface area contributed by atoms with Gasteiger partial charge in [0.05, 0.1) is 12.2 Å². The van der Waals surface area contributed by atoms with Gasteiger partial charge < -0.3 is 25.8 Å². The van der Waals surface area contributed by atoms with Crippen LogP contribution in [-0.4, -0.2) is 55.0 Å². The minimum atomic E-state index is -0.941. The van der Waals surface area contributed by atoms with E-state index in [0.717, 1.165) is 6.42 Å². The van der Waals surface area contributed by atoms with Crippen LogP contribution in [0.1, 0.15) is 33.1 Å². The maximum absolute atomic E-state index is 11.9. The van der Waals surface area contributed by atoms with Crippen molar-refractivity contribution in [3.05, 3.63) is 0 Å². The Kier molecular flexibility index (Phi) is 4.73. The number of amides is 3. The third-order valence-electron chi connectivity index (χ3n) is 4.52. The van der Waals surface area contributed by atoms with E-state index in [0.29, 0.717) is 32.5 Å².